The number of amides is 1. The van der Waals surface area contributed by atoms with Gasteiger partial charge in [0, 0.05) is 31.9 Å². The summed E-state index contributed by atoms with van der Waals surface area (Å²) in [5, 5.41) is 3.78. The first-order valence-electron chi connectivity index (χ1n) is 8.83. The van der Waals surface area contributed by atoms with Crippen LogP contribution in [0.1, 0.15) is 5.56 Å². The van der Waals surface area contributed by atoms with Crippen LogP contribution in [0.3, 0.4) is 0 Å². The zero-order valence-corrected chi connectivity index (χ0v) is 17.0. The van der Waals surface area contributed by atoms with Crippen LogP contribution in [0.4, 0.5) is 11.4 Å². The van der Waals surface area contributed by atoms with Crippen LogP contribution >= 0.6 is 23.2 Å². The lowest BCUT2D eigenvalue weighted by atomic mass is 10.2. The number of rotatable bonds is 5. The lowest BCUT2D eigenvalue weighted by Crippen LogP contribution is -2.48. The Morgan fingerprint density at radius 2 is 1.74 bits per heavy atom. The van der Waals surface area contributed by atoms with Gasteiger partial charge in [-0.15, -0.1) is 0 Å². The fourth-order valence-corrected chi connectivity index (χ4v) is 3.58. The average molecular weight is 408 g/mol. The number of nitrogens with zero attached hydrogens (tertiary/aromatic N) is 2. The Morgan fingerprint density at radius 1 is 1.07 bits per heavy atom. The molecule has 0 bridgehead atoms. The van der Waals surface area contributed by atoms with E-state index in [1.54, 1.807) is 13.2 Å². The molecule has 27 heavy (non-hydrogen) atoms. The van der Waals surface area contributed by atoms with Gasteiger partial charge in [-0.1, -0.05) is 29.3 Å². The molecule has 1 heterocycles. The summed E-state index contributed by atoms with van der Waals surface area (Å²) in [5.74, 6) is 0.741. The number of carbonyl (C=O) groups excluding carboxylic acids is 1. The molecule has 0 radical (unpaired) electrons. The van der Waals surface area contributed by atoms with Crippen molar-refractivity contribution >= 4 is 40.5 Å². The first kappa shape index (κ1) is 19.8. The molecule has 1 aliphatic heterocycles. The molecule has 1 aliphatic rings. The van der Waals surface area contributed by atoms with Gasteiger partial charge in [-0.2, -0.15) is 0 Å². The molecule has 0 aromatic heterocycles. The largest absolute Gasteiger partial charge is 0.497 e. The summed E-state index contributed by atoms with van der Waals surface area (Å²) in [6, 6.07) is 11.6. The van der Waals surface area contributed by atoms with Crippen molar-refractivity contribution in [2.75, 3.05) is 50.1 Å². The molecule has 2 aromatic rings. The second-order valence-corrected chi connectivity index (χ2v) is 7.35. The van der Waals surface area contributed by atoms with Crippen LogP contribution in [0.25, 0.3) is 0 Å². The minimum Gasteiger partial charge on any atom is -0.497 e. The molecule has 3 rings (SSSR count). The Labute approximate surface area is 169 Å². The number of carbonyl (C=O) groups is 1. The third kappa shape index (κ3) is 4.86. The molecule has 0 atom stereocenters. The van der Waals surface area contributed by atoms with Crippen molar-refractivity contribution in [2.24, 2.45) is 0 Å². The smallest absolute Gasteiger partial charge is 0.238 e. The standard InChI is InChI=1S/C20H23Cl2N3O2/c1-14-3-8-17(21)20(19(14)22)23-18(26)13-24-9-11-25(12-10-24)15-4-6-16(27-2)7-5-15/h3-8H,9-13H2,1-2H3,(H,23,26). The zero-order valence-electron chi connectivity index (χ0n) is 15.5. The Kier molecular flexibility index (Phi) is 6.47. The van der Waals surface area contributed by atoms with Gasteiger partial charge >= 0.3 is 0 Å². The highest BCUT2D eigenvalue weighted by Gasteiger charge is 2.20. The third-order valence-electron chi connectivity index (χ3n) is 4.73. The molecule has 5 nitrogen and oxygen atoms in total. The SMILES string of the molecule is COc1ccc(N2CCN(CC(=O)Nc3c(Cl)ccc(C)c3Cl)CC2)cc1. The molecule has 0 spiro atoms. The van der Waals surface area contributed by atoms with Crippen LogP contribution in [0.15, 0.2) is 36.4 Å². The van der Waals surface area contributed by atoms with Crippen LogP contribution in [0.5, 0.6) is 5.75 Å². The normalized spacial score (nSPS) is 14.9. The van der Waals surface area contributed by atoms with Crippen LogP contribution in [-0.4, -0.2) is 50.6 Å². The number of piperazine rings is 1. The van der Waals surface area contributed by atoms with Crippen molar-refractivity contribution in [1.82, 2.24) is 4.90 Å². The number of anilines is 2. The van der Waals surface area contributed by atoms with Crippen molar-refractivity contribution < 1.29 is 9.53 Å². The molecule has 2 aromatic carbocycles. The molecule has 0 unspecified atom stereocenters. The number of benzene rings is 2. The molecule has 0 aliphatic carbocycles. The van der Waals surface area contributed by atoms with E-state index in [0.29, 0.717) is 22.3 Å². The summed E-state index contributed by atoms with van der Waals surface area (Å²) in [4.78, 5) is 16.9. The quantitative estimate of drug-likeness (QED) is 0.810. The fourth-order valence-electron chi connectivity index (χ4n) is 3.11. The first-order chi connectivity index (χ1) is 13.0. The summed E-state index contributed by atoms with van der Waals surface area (Å²) in [6.45, 7) is 5.56. The van der Waals surface area contributed by atoms with Crippen molar-refractivity contribution in [3.63, 3.8) is 0 Å². The van der Waals surface area contributed by atoms with Gasteiger partial charge in [-0.05, 0) is 42.8 Å². The first-order valence-corrected chi connectivity index (χ1v) is 9.59. The summed E-state index contributed by atoms with van der Waals surface area (Å²) in [5.41, 5.74) is 2.53. The molecule has 144 valence electrons. The molecule has 1 fully saturated rings. The molecular weight excluding hydrogens is 385 g/mol. The summed E-state index contributed by atoms with van der Waals surface area (Å²) >= 11 is 12.4. The van der Waals surface area contributed by atoms with E-state index in [1.165, 1.54) is 5.69 Å². The predicted molar refractivity (Wildman–Crippen MR) is 111 cm³/mol. The second-order valence-electron chi connectivity index (χ2n) is 6.56. The van der Waals surface area contributed by atoms with E-state index in [1.807, 2.05) is 25.1 Å². The Morgan fingerprint density at radius 3 is 2.37 bits per heavy atom. The van der Waals surface area contributed by atoms with Crippen molar-refractivity contribution in [3.05, 3.63) is 52.0 Å². The van der Waals surface area contributed by atoms with E-state index in [9.17, 15) is 4.79 Å². The molecule has 1 saturated heterocycles. The van der Waals surface area contributed by atoms with Gasteiger partial charge in [-0.3, -0.25) is 9.69 Å². The highest BCUT2D eigenvalue weighted by molar-refractivity contribution is 6.40. The highest BCUT2D eigenvalue weighted by Crippen LogP contribution is 2.32. The number of ether oxygens (including phenoxy) is 1. The number of halogens is 2. The molecule has 7 heteroatoms. The molecule has 1 amide bonds. The molecule has 1 N–H and O–H groups in total. The van der Waals surface area contributed by atoms with Crippen LogP contribution in [0.2, 0.25) is 10.0 Å². The monoisotopic (exact) mass is 407 g/mol. The maximum Gasteiger partial charge on any atom is 0.238 e. The van der Waals surface area contributed by atoms with Crippen LogP contribution in [-0.2, 0) is 4.79 Å². The maximum atomic E-state index is 12.4. The van der Waals surface area contributed by atoms with Crippen molar-refractivity contribution in [1.29, 1.82) is 0 Å². The Hall–Kier alpha value is -1.95. The zero-order chi connectivity index (χ0) is 19.4. The fraction of sp³-hybridized carbons (Fsp3) is 0.350. The van der Waals surface area contributed by atoms with E-state index in [2.05, 4.69) is 27.2 Å². The van der Waals surface area contributed by atoms with E-state index < -0.39 is 0 Å². The average Bonchev–Trinajstić information content (AvgIpc) is 2.69. The predicted octanol–water partition coefficient (Wildman–Crippen LogP) is 4.07. The number of methoxy groups -OCH3 is 1. The Bertz CT molecular complexity index is 804. The maximum absolute atomic E-state index is 12.4. The Balaban J connectivity index is 1.53. The summed E-state index contributed by atoms with van der Waals surface area (Å²) in [7, 11) is 1.66. The minimum absolute atomic E-state index is 0.109. The lowest BCUT2D eigenvalue weighted by Gasteiger charge is -2.35. The number of nitrogens with one attached hydrogen (secondary N) is 1. The number of aryl methyl sites for hydroxylation is 1. The summed E-state index contributed by atoms with van der Waals surface area (Å²) in [6.07, 6.45) is 0. The van der Waals surface area contributed by atoms with Gasteiger partial charge < -0.3 is 15.0 Å². The minimum atomic E-state index is -0.109. The highest BCUT2D eigenvalue weighted by atomic mass is 35.5. The topological polar surface area (TPSA) is 44.8 Å². The number of hydrogen-bond donors (Lipinski definition) is 1. The van der Waals surface area contributed by atoms with E-state index in [4.69, 9.17) is 27.9 Å². The van der Waals surface area contributed by atoms with Crippen molar-refractivity contribution in [3.8, 4) is 5.75 Å². The molecule has 0 saturated carbocycles. The van der Waals surface area contributed by atoms with Gasteiger partial charge in [0.15, 0.2) is 0 Å². The van der Waals surface area contributed by atoms with E-state index >= 15 is 0 Å². The van der Waals surface area contributed by atoms with Crippen LogP contribution in [0, 0.1) is 6.92 Å². The van der Waals surface area contributed by atoms with Crippen molar-refractivity contribution in [2.45, 2.75) is 6.92 Å². The molecular formula is C20H23Cl2N3O2. The van der Waals surface area contributed by atoms with Gasteiger partial charge in [0.2, 0.25) is 5.91 Å². The second kappa shape index (κ2) is 8.83. The summed E-state index contributed by atoms with van der Waals surface area (Å²) < 4.78 is 5.20. The van der Waals surface area contributed by atoms with Gasteiger partial charge in [0.1, 0.15) is 5.75 Å². The van der Waals surface area contributed by atoms with Gasteiger partial charge in [-0.25, -0.2) is 0 Å². The van der Waals surface area contributed by atoms with E-state index in [0.717, 1.165) is 37.5 Å². The van der Waals surface area contributed by atoms with E-state index in [-0.39, 0.29) is 5.91 Å². The third-order valence-corrected chi connectivity index (χ3v) is 5.53. The van der Waals surface area contributed by atoms with Gasteiger partial charge in [0.05, 0.1) is 29.4 Å². The lowest BCUT2D eigenvalue weighted by molar-refractivity contribution is -0.117. The van der Waals surface area contributed by atoms with Gasteiger partial charge in [0.25, 0.3) is 0 Å². The number of hydrogen-bond acceptors (Lipinski definition) is 4. The van der Waals surface area contributed by atoms with Crippen LogP contribution < -0.4 is 15.0 Å².